The van der Waals surface area contributed by atoms with Gasteiger partial charge in [-0.05, 0) is 23.6 Å². The van der Waals surface area contributed by atoms with Gasteiger partial charge in [-0.25, -0.2) is 4.98 Å². The molecule has 30 heavy (non-hydrogen) atoms. The van der Waals surface area contributed by atoms with Gasteiger partial charge in [0.15, 0.2) is 5.13 Å². The van der Waals surface area contributed by atoms with E-state index < -0.39 is 0 Å². The molecule has 2 aromatic rings. The molecule has 2 rings (SSSR count). The zero-order chi connectivity index (χ0) is 21.9. The number of benzene rings is 1. The van der Waals surface area contributed by atoms with Gasteiger partial charge in [-0.1, -0.05) is 26.0 Å². The number of ether oxygens (including phenoxy) is 1. The minimum Gasteiger partial charge on any atom is -0.383 e. The molecule has 0 saturated heterocycles. The fraction of sp³-hybridized carbons (Fsp3) is 0.429. The van der Waals surface area contributed by atoms with Crippen LogP contribution in [0.2, 0.25) is 0 Å². The van der Waals surface area contributed by atoms with Crippen LogP contribution in [-0.4, -0.2) is 49.5 Å². The van der Waals surface area contributed by atoms with Crippen molar-refractivity contribution in [1.29, 1.82) is 0 Å². The van der Waals surface area contributed by atoms with Crippen molar-refractivity contribution < 1.29 is 19.1 Å². The van der Waals surface area contributed by atoms with Crippen LogP contribution in [0.25, 0.3) is 0 Å². The smallest absolute Gasteiger partial charge is 0.240 e. The standard InChI is InChI=1S/C21H28N4O4S/c1-15(2)16-4-6-17(7-5-16)25(14-19(27)22-10-12-29-3)20(28)9-8-18(26)24-21-23-11-13-30-21/h4-7,11,13,15H,8-10,12,14H2,1-3H3,(H,22,27)(H,23,24,26). The SMILES string of the molecule is COCCNC(=O)CN(C(=O)CCC(=O)Nc1nccs1)c1ccc(C(C)C)cc1. The van der Waals surface area contributed by atoms with Gasteiger partial charge in [-0.2, -0.15) is 0 Å². The van der Waals surface area contributed by atoms with E-state index in [9.17, 15) is 14.4 Å². The highest BCUT2D eigenvalue weighted by Gasteiger charge is 2.20. The van der Waals surface area contributed by atoms with Gasteiger partial charge >= 0.3 is 0 Å². The minimum atomic E-state index is -0.302. The number of thiazole rings is 1. The Balaban J connectivity index is 2.03. The number of nitrogens with one attached hydrogen (secondary N) is 2. The van der Waals surface area contributed by atoms with Crippen molar-refractivity contribution >= 4 is 39.9 Å². The Hall–Kier alpha value is -2.78. The Bertz CT molecular complexity index is 822. The third-order valence-corrected chi connectivity index (χ3v) is 5.04. The number of rotatable bonds is 11. The number of nitrogens with zero attached hydrogens (tertiary/aromatic N) is 2. The number of methoxy groups -OCH3 is 1. The van der Waals surface area contributed by atoms with E-state index in [1.807, 2.05) is 24.3 Å². The van der Waals surface area contributed by atoms with Crippen LogP contribution in [0.1, 0.15) is 38.2 Å². The second-order valence-corrected chi connectivity index (χ2v) is 7.85. The van der Waals surface area contributed by atoms with Gasteiger partial charge in [0.05, 0.1) is 6.61 Å². The third kappa shape index (κ3) is 7.57. The summed E-state index contributed by atoms with van der Waals surface area (Å²) in [6, 6.07) is 7.53. The maximum absolute atomic E-state index is 12.9. The first-order chi connectivity index (χ1) is 14.4. The van der Waals surface area contributed by atoms with E-state index in [-0.39, 0.29) is 37.1 Å². The van der Waals surface area contributed by atoms with Crippen LogP contribution < -0.4 is 15.5 Å². The van der Waals surface area contributed by atoms with Crippen molar-refractivity contribution in [3.05, 3.63) is 41.4 Å². The molecular formula is C21H28N4O4S. The lowest BCUT2D eigenvalue weighted by Gasteiger charge is -2.23. The predicted molar refractivity (Wildman–Crippen MR) is 118 cm³/mol. The van der Waals surface area contributed by atoms with Crippen LogP contribution in [0.5, 0.6) is 0 Å². The second kappa shape index (κ2) is 12.0. The number of carbonyl (C=O) groups excluding carboxylic acids is 3. The highest BCUT2D eigenvalue weighted by atomic mass is 32.1. The molecular weight excluding hydrogens is 404 g/mol. The highest BCUT2D eigenvalue weighted by molar-refractivity contribution is 7.13. The molecule has 0 spiro atoms. The molecule has 3 amide bonds. The van der Waals surface area contributed by atoms with E-state index in [0.29, 0.717) is 29.9 Å². The van der Waals surface area contributed by atoms with E-state index in [1.54, 1.807) is 18.7 Å². The fourth-order valence-corrected chi connectivity index (χ4v) is 3.22. The lowest BCUT2D eigenvalue weighted by atomic mass is 10.0. The number of hydrogen-bond acceptors (Lipinski definition) is 6. The Morgan fingerprint density at radius 2 is 1.87 bits per heavy atom. The summed E-state index contributed by atoms with van der Waals surface area (Å²) >= 11 is 1.31. The third-order valence-electron chi connectivity index (χ3n) is 4.35. The first-order valence-electron chi connectivity index (χ1n) is 9.76. The average Bonchev–Trinajstić information content (AvgIpc) is 3.23. The van der Waals surface area contributed by atoms with Gasteiger partial charge < -0.3 is 20.3 Å². The molecule has 0 saturated carbocycles. The normalized spacial score (nSPS) is 10.7. The number of amides is 3. The average molecular weight is 433 g/mol. The van der Waals surface area contributed by atoms with Crippen molar-refractivity contribution in [1.82, 2.24) is 10.3 Å². The summed E-state index contributed by atoms with van der Waals surface area (Å²) in [6.45, 7) is 4.79. The van der Waals surface area contributed by atoms with Crippen molar-refractivity contribution in [2.75, 3.05) is 37.0 Å². The predicted octanol–water partition coefficient (Wildman–Crippen LogP) is 2.78. The van der Waals surface area contributed by atoms with Crippen LogP contribution in [0.4, 0.5) is 10.8 Å². The van der Waals surface area contributed by atoms with Gasteiger partial charge in [-0.3, -0.25) is 14.4 Å². The van der Waals surface area contributed by atoms with E-state index in [4.69, 9.17) is 4.74 Å². The first-order valence-corrected chi connectivity index (χ1v) is 10.6. The van der Waals surface area contributed by atoms with Gasteiger partial charge in [0.1, 0.15) is 6.54 Å². The second-order valence-electron chi connectivity index (χ2n) is 6.95. The molecule has 162 valence electrons. The van der Waals surface area contributed by atoms with Crippen molar-refractivity contribution in [3.63, 3.8) is 0 Å². The molecule has 0 atom stereocenters. The molecule has 0 aliphatic rings. The molecule has 8 nitrogen and oxygen atoms in total. The zero-order valence-electron chi connectivity index (χ0n) is 17.5. The molecule has 9 heteroatoms. The Morgan fingerprint density at radius 3 is 2.47 bits per heavy atom. The number of hydrogen-bond donors (Lipinski definition) is 2. The Morgan fingerprint density at radius 1 is 1.13 bits per heavy atom. The summed E-state index contributed by atoms with van der Waals surface area (Å²) in [7, 11) is 1.55. The van der Waals surface area contributed by atoms with E-state index in [2.05, 4.69) is 29.5 Å². The number of carbonyl (C=O) groups is 3. The molecule has 0 bridgehead atoms. The monoisotopic (exact) mass is 432 g/mol. The molecule has 1 heterocycles. The van der Waals surface area contributed by atoms with Crippen molar-refractivity contribution in [2.45, 2.75) is 32.6 Å². The van der Waals surface area contributed by atoms with Gasteiger partial charge in [-0.15, -0.1) is 11.3 Å². The molecule has 0 unspecified atom stereocenters. The number of anilines is 2. The summed E-state index contributed by atoms with van der Waals surface area (Å²) in [5.41, 5.74) is 1.75. The maximum atomic E-state index is 12.9. The zero-order valence-corrected chi connectivity index (χ0v) is 18.3. The lowest BCUT2D eigenvalue weighted by Crippen LogP contribution is -2.42. The fourth-order valence-electron chi connectivity index (χ4n) is 2.68. The van der Waals surface area contributed by atoms with E-state index in [0.717, 1.165) is 5.56 Å². The molecule has 0 radical (unpaired) electrons. The van der Waals surface area contributed by atoms with Crippen LogP contribution >= 0.6 is 11.3 Å². The minimum absolute atomic E-state index is 0.00425. The Labute approximate surface area is 180 Å². The van der Waals surface area contributed by atoms with Crippen LogP contribution in [0.3, 0.4) is 0 Å². The summed E-state index contributed by atoms with van der Waals surface area (Å²) in [6.07, 6.45) is 1.58. The topological polar surface area (TPSA) is 101 Å². The lowest BCUT2D eigenvalue weighted by molar-refractivity contribution is -0.125. The van der Waals surface area contributed by atoms with Crippen molar-refractivity contribution in [3.8, 4) is 0 Å². The largest absolute Gasteiger partial charge is 0.383 e. The molecule has 2 N–H and O–H groups in total. The summed E-state index contributed by atoms with van der Waals surface area (Å²) in [5, 5.41) is 7.62. The van der Waals surface area contributed by atoms with Crippen LogP contribution in [0.15, 0.2) is 35.8 Å². The maximum Gasteiger partial charge on any atom is 0.240 e. The van der Waals surface area contributed by atoms with E-state index in [1.165, 1.54) is 16.2 Å². The molecule has 0 aliphatic carbocycles. The molecule has 0 fully saturated rings. The first kappa shape index (κ1) is 23.5. The van der Waals surface area contributed by atoms with Gasteiger partial charge in [0.2, 0.25) is 17.7 Å². The Kier molecular flexibility index (Phi) is 9.43. The van der Waals surface area contributed by atoms with Crippen molar-refractivity contribution in [2.24, 2.45) is 0 Å². The van der Waals surface area contributed by atoms with E-state index >= 15 is 0 Å². The summed E-state index contributed by atoms with van der Waals surface area (Å²) in [5.74, 6) is -0.530. The molecule has 0 aliphatic heterocycles. The molecule has 1 aromatic carbocycles. The summed E-state index contributed by atoms with van der Waals surface area (Å²) < 4.78 is 4.93. The number of aromatic nitrogens is 1. The molecule has 1 aromatic heterocycles. The quantitative estimate of drug-likeness (QED) is 0.532. The van der Waals surface area contributed by atoms with Crippen LogP contribution in [-0.2, 0) is 19.1 Å². The highest BCUT2D eigenvalue weighted by Crippen LogP contribution is 2.21. The van der Waals surface area contributed by atoms with Crippen LogP contribution in [0, 0.1) is 0 Å². The van der Waals surface area contributed by atoms with Gasteiger partial charge in [0.25, 0.3) is 0 Å². The summed E-state index contributed by atoms with van der Waals surface area (Å²) in [4.78, 5) is 42.6. The van der Waals surface area contributed by atoms with Gasteiger partial charge in [0, 0.05) is 43.8 Å².